The van der Waals surface area contributed by atoms with Crippen LogP contribution in [0.4, 0.5) is 5.69 Å². The number of nitro groups is 1. The van der Waals surface area contributed by atoms with E-state index in [0.29, 0.717) is 5.52 Å². The summed E-state index contributed by atoms with van der Waals surface area (Å²) >= 11 is 1.59. The standard InChI is InChI=1S/C14H15N5O2S/c1-2-5-17-9-15-7-12(17)8-22-18-10-16-13-6-11(19(20)21)3-4-14(13)18/h3-4,6-7,9-10H,2,5,8H2,1H3. The van der Waals surface area contributed by atoms with Gasteiger partial charge in [0.25, 0.3) is 5.69 Å². The Morgan fingerprint density at radius 3 is 3.00 bits per heavy atom. The molecule has 0 N–H and O–H groups in total. The zero-order valence-electron chi connectivity index (χ0n) is 12.0. The van der Waals surface area contributed by atoms with Crippen LogP contribution in [0.5, 0.6) is 0 Å². The first kappa shape index (κ1) is 14.6. The van der Waals surface area contributed by atoms with E-state index in [1.54, 1.807) is 24.3 Å². The molecule has 2 aromatic heterocycles. The molecule has 0 atom stereocenters. The van der Waals surface area contributed by atoms with Crippen LogP contribution < -0.4 is 0 Å². The number of benzene rings is 1. The van der Waals surface area contributed by atoms with Crippen molar-refractivity contribution >= 4 is 28.7 Å². The third kappa shape index (κ3) is 2.82. The molecule has 0 spiro atoms. The molecule has 22 heavy (non-hydrogen) atoms. The van der Waals surface area contributed by atoms with Gasteiger partial charge in [0.15, 0.2) is 0 Å². The molecule has 3 aromatic rings. The lowest BCUT2D eigenvalue weighted by Gasteiger charge is -2.07. The van der Waals surface area contributed by atoms with Gasteiger partial charge >= 0.3 is 0 Å². The van der Waals surface area contributed by atoms with Gasteiger partial charge in [0, 0.05) is 30.6 Å². The average molecular weight is 317 g/mol. The summed E-state index contributed by atoms with van der Waals surface area (Å²) in [5.41, 5.74) is 2.71. The summed E-state index contributed by atoms with van der Waals surface area (Å²) in [6.45, 7) is 3.08. The van der Waals surface area contributed by atoms with Gasteiger partial charge in [0.1, 0.15) is 6.33 Å². The molecule has 0 amide bonds. The molecular formula is C14H15N5O2S. The van der Waals surface area contributed by atoms with Crippen LogP contribution in [0.3, 0.4) is 0 Å². The highest BCUT2D eigenvalue weighted by molar-refractivity contribution is 7.97. The molecule has 0 bridgehead atoms. The van der Waals surface area contributed by atoms with Gasteiger partial charge in [-0.25, -0.2) is 9.97 Å². The van der Waals surface area contributed by atoms with Gasteiger partial charge in [-0.3, -0.25) is 14.1 Å². The van der Waals surface area contributed by atoms with Crippen LogP contribution in [0.25, 0.3) is 11.0 Å². The molecule has 0 aliphatic heterocycles. The maximum Gasteiger partial charge on any atom is 0.271 e. The fourth-order valence-corrected chi connectivity index (χ4v) is 3.16. The Bertz CT molecular complexity index is 811. The molecule has 0 aliphatic carbocycles. The normalized spacial score (nSPS) is 11.1. The van der Waals surface area contributed by atoms with Gasteiger partial charge in [-0.2, -0.15) is 0 Å². The third-order valence-electron chi connectivity index (χ3n) is 3.32. The summed E-state index contributed by atoms with van der Waals surface area (Å²) in [6, 6.07) is 4.73. The number of aromatic nitrogens is 4. The van der Waals surface area contributed by atoms with E-state index in [2.05, 4.69) is 21.5 Å². The molecule has 0 unspecified atom stereocenters. The maximum absolute atomic E-state index is 10.8. The monoisotopic (exact) mass is 317 g/mol. The van der Waals surface area contributed by atoms with Crippen molar-refractivity contribution in [3.05, 3.63) is 52.9 Å². The Morgan fingerprint density at radius 2 is 2.23 bits per heavy atom. The molecule has 3 rings (SSSR count). The minimum absolute atomic E-state index is 0.0590. The summed E-state index contributed by atoms with van der Waals surface area (Å²) in [4.78, 5) is 18.8. The van der Waals surface area contributed by atoms with Crippen LogP contribution >= 0.6 is 11.9 Å². The van der Waals surface area contributed by atoms with E-state index in [1.807, 2.05) is 16.5 Å². The first-order valence-corrected chi connectivity index (χ1v) is 7.87. The molecule has 1 aromatic carbocycles. The van der Waals surface area contributed by atoms with Crippen molar-refractivity contribution in [2.75, 3.05) is 0 Å². The predicted molar refractivity (Wildman–Crippen MR) is 85.6 cm³/mol. The van der Waals surface area contributed by atoms with Crippen molar-refractivity contribution < 1.29 is 4.92 Å². The molecule has 0 radical (unpaired) electrons. The Kier molecular flexibility index (Phi) is 4.10. The van der Waals surface area contributed by atoms with E-state index in [-0.39, 0.29) is 5.69 Å². The van der Waals surface area contributed by atoms with E-state index < -0.39 is 4.92 Å². The molecule has 0 fully saturated rings. The second-order valence-electron chi connectivity index (χ2n) is 4.85. The highest BCUT2D eigenvalue weighted by Gasteiger charge is 2.11. The number of aryl methyl sites for hydroxylation is 1. The molecule has 0 saturated carbocycles. The van der Waals surface area contributed by atoms with Crippen molar-refractivity contribution in [1.82, 2.24) is 18.5 Å². The van der Waals surface area contributed by atoms with Gasteiger partial charge in [0.05, 0.1) is 28.0 Å². The molecule has 8 heteroatoms. The van der Waals surface area contributed by atoms with Gasteiger partial charge < -0.3 is 4.57 Å². The molecular weight excluding hydrogens is 302 g/mol. The summed E-state index contributed by atoms with van der Waals surface area (Å²) in [5.74, 6) is 0.766. The first-order valence-electron chi connectivity index (χ1n) is 6.93. The maximum atomic E-state index is 10.8. The predicted octanol–water partition coefficient (Wildman–Crippen LogP) is 3.25. The van der Waals surface area contributed by atoms with Crippen LogP contribution in [-0.2, 0) is 12.3 Å². The zero-order chi connectivity index (χ0) is 15.5. The topological polar surface area (TPSA) is 78.8 Å². The van der Waals surface area contributed by atoms with E-state index >= 15 is 0 Å². The Morgan fingerprint density at radius 1 is 1.36 bits per heavy atom. The van der Waals surface area contributed by atoms with E-state index in [0.717, 1.165) is 29.9 Å². The van der Waals surface area contributed by atoms with Gasteiger partial charge in [-0.05, 0) is 24.4 Å². The quantitative estimate of drug-likeness (QED) is 0.515. The molecule has 114 valence electrons. The fraction of sp³-hybridized carbons (Fsp3) is 0.286. The zero-order valence-corrected chi connectivity index (χ0v) is 12.9. The number of hydrogen-bond acceptors (Lipinski definition) is 5. The minimum Gasteiger partial charge on any atom is -0.334 e. The van der Waals surface area contributed by atoms with Crippen molar-refractivity contribution in [2.45, 2.75) is 25.6 Å². The van der Waals surface area contributed by atoms with Gasteiger partial charge in [-0.15, -0.1) is 0 Å². The number of hydrogen-bond donors (Lipinski definition) is 0. The van der Waals surface area contributed by atoms with Crippen LogP contribution in [0.15, 0.2) is 37.1 Å². The SMILES string of the molecule is CCCn1cncc1CSn1cnc2cc([N+](=O)[O-])ccc21. The van der Waals surface area contributed by atoms with Crippen LogP contribution in [0.1, 0.15) is 19.0 Å². The second-order valence-corrected chi connectivity index (χ2v) is 5.79. The summed E-state index contributed by atoms with van der Waals surface area (Å²) in [7, 11) is 0. The van der Waals surface area contributed by atoms with E-state index in [9.17, 15) is 10.1 Å². The molecule has 0 aliphatic rings. The van der Waals surface area contributed by atoms with Crippen LogP contribution in [0, 0.1) is 10.1 Å². The smallest absolute Gasteiger partial charge is 0.271 e. The van der Waals surface area contributed by atoms with Crippen molar-refractivity contribution in [1.29, 1.82) is 0 Å². The lowest BCUT2D eigenvalue weighted by Crippen LogP contribution is -2.00. The molecule has 0 saturated heterocycles. The number of rotatable bonds is 6. The van der Waals surface area contributed by atoms with Crippen LogP contribution in [-0.4, -0.2) is 23.4 Å². The highest BCUT2D eigenvalue weighted by Crippen LogP contribution is 2.24. The summed E-state index contributed by atoms with van der Waals surface area (Å²) in [5, 5.41) is 10.8. The number of non-ortho nitro benzene ring substituents is 1. The Hall–Kier alpha value is -2.35. The van der Waals surface area contributed by atoms with E-state index in [4.69, 9.17) is 0 Å². The molecule has 7 nitrogen and oxygen atoms in total. The minimum atomic E-state index is -0.408. The Balaban J connectivity index is 1.79. The lowest BCUT2D eigenvalue weighted by atomic mass is 10.3. The van der Waals surface area contributed by atoms with Crippen LogP contribution in [0.2, 0.25) is 0 Å². The first-order chi connectivity index (χ1) is 10.7. The molecule has 2 heterocycles. The number of fused-ring (bicyclic) bond motifs is 1. The summed E-state index contributed by atoms with van der Waals surface area (Å²) in [6.07, 6.45) is 6.46. The van der Waals surface area contributed by atoms with Crippen molar-refractivity contribution in [3.63, 3.8) is 0 Å². The average Bonchev–Trinajstić information content (AvgIpc) is 3.11. The second kappa shape index (κ2) is 6.18. The van der Waals surface area contributed by atoms with Gasteiger partial charge in [-0.1, -0.05) is 6.92 Å². The lowest BCUT2D eigenvalue weighted by molar-refractivity contribution is -0.384. The fourth-order valence-electron chi connectivity index (χ4n) is 2.24. The number of imidazole rings is 2. The summed E-state index contributed by atoms with van der Waals surface area (Å²) < 4.78 is 4.07. The van der Waals surface area contributed by atoms with E-state index in [1.165, 1.54) is 12.1 Å². The van der Waals surface area contributed by atoms with Gasteiger partial charge in [0.2, 0.25) is 0 Å². The number of nitro benzene ring substituents is 1. The van der Waals surface area contributed by atoms with Crippen molar-refractivity contribution in [2.24, 2.45) is 0 Å². The Labute approximate surface area is 131 Å². The van der Waals surface area contributed by atoms with Crippen molar-refractivity contribution in [3.8, 4) is 0 Å². The largest absolute Gasteiger partial charge is 0.334 e. The third-order valence-corrected chi connectivity index (χ3v) is 4.32. The highest BCUT2D eigenvalue weighted by atomic mass is 32.2. The number of nitrogens with zero attached hydrogens (tertiary/aromatic N) is 5.